The predicted molar refractivity (Wildman–Crippen MR) is 64.3 cm³/mol. The molecule has 0 aliphatic heterocycles. The van der Waals surface area contributed by atoms with E-state index in [0.29, 0.717) is 17.3 Å². The predicted octanol–water partition coefficient (Wildman–Crippen LogP) is 1.69. The molecule has 1 amide bonds. The average molecular weight is 248 g/mol. The molecule has 0 bridgehead atoms. The van der Waals surface area contributed by atoms with Gasteiger partial charge in [-0.05, 0) is 19.8 Å². The van der Waals surface area contributed by atoms with Crippen molar-refractivity contribution >= 4 is 11.8 Å². The third kappa shape index (κ3) is 1.87. The molecule has 1 aliphatic carbocycles. The molecule has 0 unspecified atom stereocenters. The lowest BCUT2D eigenvalue weighted by Crippen LogP contribution is -2.36. The summed E-state index contributed by atoms with van der Waals surface area (Å²) in [5.74, 6) is 0.518. The van der Waals surface area contributed by atoms with Gasteiger partial charge < -0.3 is 9.73 Å². The first-order valence-electron chi connectivity index (χ1n) is 6.35. The molecule has 6 heteroatoms. The van der Waals surface area contributed by atoms with Gasteiger partial charge in [0, 0.05) is 6.04 Å². The van der Waals surface area contributed by atoms with Gasteiger partial charge in [-0.25, -0.2) is 0 Å². The molecule has 6 nitrogen and oxygen atoms in total. The number of hydrogen-bond acceptors (Lipinski definition) is 4. The maximum absolute atomic E-state index is 12.1. The molecule has 0 atom stereocenters. The zero-order valence-corrected chi connectivity index (χ0v) is 10.3. The molecule has 0 saturated heterocycles. The van der Waals surface area contributed by atoms with Crippen molar-refractivity contribution in [1.82, 2.24) is 19.9 Å². The Morgan fingerprint density at radius 1 is 1.44 bits per heavy atom. The number of rotatable bonds is 2. The van der Waals surface area contributed by atoms with Crippen molar-refractivity contribution in [2.75, 3.05) is 0 Å². The number of oxazole rings is 1. The molecule has 2 aromatic rings. The minimum absolute atomic E-state index is 0.160. The Labute approximate surface area is 104 Å². The maximum atomic E-state index is 12.1. The van der Waals surface area contributed by atoms with Gasteiger partial charge in [0.1, 0.15) is 6.33 Å². The summed E-state index contributed by atoms with van der Waals surface area (Å²) in [6, 6.07) is 0.274. The first-order valence-corrected chi connectivity index (χ1v) is 6.35. The van der Waals surface area contributed by atoms with Crippen molar-refractivity contribution in [3.63, 3.8) is 0 Å². The quantitative estimate of drug-likeness (QED) is 0.877. The van der Waals surface area contributed by atoms with E-state index in [9.17, 15) is 4.79 Å². The molecule has 3 rings (SSSR count). The van der Waals surface area contributed by atoms with Gasteiger partial charge in [-0.1, -0.05) is 19.3 Å². The lowest BCUT2D eigenvalue weighted by Gasteiger charge is -2.22. The van der Waals surface area contributed by atoms with Crippen LogP contribution in [0.1, 0.15) is 48.4 Å². The number of carbonyl (C=O) groups excluding carboxylic acids is 1. The van der Waals surface area contributed by atoms with Gasteiger partial charge >= 0.3 is 5.84 Å². The van der Waals surface area contributed by atoms with E-state index in [-0.39, 0.29) is 11.9 Å². The standard InChI is InChI=1S/C12H16N4O2/c1-8-10(18-12-13-7-14-16(8)12)11(17)15-9-5-3-2-4-6-9/h7,9H,2-6H2,1H3,(H,15,17). The Balaban J connectivity index is 1.78. The summed E-state index contributed by atoms with van der Waals surface area (Å²) in [5.41, 5.74) is 0.691. The summed E-state index contributed by atoms with van der Waals surface area (Å²) in [6.07, 6.45) is 7.17. The summed E-state index contributed by atoms with van der Waals surface area (Å²) in [7, 11) is 0. The highest BCUT2D eigenvalue weighted by Gasteiger charge is 2.22. The summed E-state index contributed by atoms with van der Waals surface area (Å²) >= 11 is 0. The Morgan fingerprint density at radius 3 is 2.94 bits per heavy atom. The van der Waals surface area contributed by atoms with Crippen molar-refractivity contribution in [2.45, 2.75) is 45.1 Å². The number of aryl methyl sites for hydroxylation is 1. The minimum Gasteiger partial charge on any atom is -0.416 e. The van der Waals surface area contributed by atoms with Crippen molar-refractivity contribution < 1.29 is 9.21 Å². The van der Waals surface area contributed by atoms with E-state index < -0.39 is 0 Å². The molecule has 0 aromatic carbocycles. The number of nitrogens with one attached hydrogen (secondary N) is 1. The van der Waals surface area contributed by atoms with Crippen LogP contribution in [0.2, 0.25) is 0 Å². The van der Waals surface area contributed by atoms with E-state index in [0.717, 1.165) is 12.8 Å². The molecular formula is C12H16N4O2. The molecule has 1 fully saturated rings. The number of carbonyl (C=O) groups is 1. The SMILES string of the molecule is Cc1c(C(=O)NC2CCCCC2)oc2ncnn12. The van der Waals surface area contributed by atoms with Gasteiger partial charge in [0.25, 0.3) is 5.91 Å². The van der Waals surface area contributed by atoms with Gasteiger partial charge in [-0.3, -0.25) is 4.79 Å². The molecular weight excluding hydrogens is 232 g/mol. The summed E-state index contributed by atoms with van der Waals surface area (Å²) < 4.78 is 6.96. The minimum atomic E-state index is -0.160. The molecule has 2 heterocycles. The Hall–Kier alpha value is -1.85. The van der Waals surface area contributed by atoms with Crippen LogP contribution < -0.4 is 5.32 Å². The van der Waals surface area contributed by atoms with Gasteiger partial charge in [-0.15, -0.1) is 0 Å². The van der Waals surface area contributed by atoms with E-state index >= 15 is 0 Å². The summed E-state index contributed by atoms with van der Waals surface area (Å²) in [5, 5.41) is 7.03. The highest BCUT2D eigenvalue weighted by Crippen LogP contribution is 2.19. The Kier molecular flexibility index (Phi) is 2.77. The number of fused-ring (bicyclic) bond motifs is 1. The fourth-order valence-electron chi connectivity index (χ4n) is 2.50. The van der Waals surface area contributed by atoms with E-state index in [1.807, 2.05) is 0 Å². The number of nitrogens with zero attached hydrogens (tertiary/aromatic N) is 3. The maximum Gasteiger partial charge on any atom is 0.325 e. The van der Waals surface area contributed by atoms with E-state index in [1.165, 1.54) is 30.1 Å². The van der Waals surface area contributed by atoms with Crippen LogP contribution in [-0.4, -0.2) is 26.5 Å². The van der Waals surface area contributed by atoms with Crippen molar-refractivity contribution in [3.05, 3.63) is 17.8 Å². The number of aromatic nitrogens is 3. The monoisotopic (exact) mass is 248 g/mol. The fourth-order valence-corrected chi connectivity index (χ4v) is 2.50. The topological polar surface area (TPSA) is 72.4 Å². The third-order valence-corrected chi connectivity index (χ3v) is 3.50. The summed E-state index contributed by atoms with van der Waals surface area (Å²) in [6.45, 7) is 1.81. The first kappa shape index (κ1) is 11.3. The second kappa shape index (κ2) is 4.44. The van der Waals surface area contributed by atoms with Gasteiger partial charge in [0.15, 0.2) is 0 Å². The highest BCUT2D eigenvalue weighted by atomic mass is 16.4. The van der Waals surface area contributed by atoms with Crippen molar-refractivity contribution in [1.29, 1.82) is 0 Å². The van der Waals surface area contributed by atoms with Crippen LogP contribution in [0.25, 0.3) is 5.84 Å². The normalized spacial score (nSPS) is 17.2. The van der Waals surface area contributed by atoms with Crippen LogP contribution in [0.4, 0.5) is 0 Å². The molecule has 18 heavy (non-hydrogen) atoms. The smallest absolute Gasteiger partial charge is 0.325 e. The van der Waals surface area contributed by atoms with Crippen LogP contribution in [0.3, 0.4) is 0 Å². The third-order valence-electron chi connectivity index (χ3n) is 3.50. The van der Waals surface area contributed by atoms with Crippen molar-refractivity contribution in [2.24, 2.45) is 0 Å². The molecule has 2 aromatic heterocycles. The van der Waals surface area contributed by atoms with Crippen LogP contribution in [0, 0.1) is 6.92 Å². The van der Waals surface area contributed by atoms with Gasteiger partial charge in [0.2, 0.25) is 5.76 Å². The average Bonchev–Trinajstić information content (AvgIpc) is 2.94. The summed E-state index contributed by atoms with van der Waals surface area (Å²) in [4.78, 5) is 16.1. The van der Waals surface area contributed by atoms with Gasteiger partial charge in [0.05, 0.1) is 5.69 Å². The van der Waals surface area contributed by atoms with Crippen LogP contribution in [0.15, 0.2) is 10.7 Å². The molecule has 96 valence electrons. The Morgan fingerprint density at radius 2 is 2.22 bits per heavy atom. The largest absolute Gasteiger partial charge is 0.416 e. The zero-order chi connectivity index (χ0) is 12.5. The Bertz CT molecular complexity index is 566. The molecule has 1 saturated carbocycles. The van der Waals surface area contributed by atoms with Gasteiger partial charge in [-0.2, -0.15) is 14.6 Å². The van der Waals surface area contributed by atoms with E-state index in [1.54, 1.807) is 6.92 Å². The highest BCUT2D eigenvalue weighted by molar-refractivity contribution is 5.93. The lowest BCUT2D eigenvalue weighted by molar-refractivity contribution is 0.0900. The fraction of sp³-hybridized carbons (Fsp3) is 0.583. The van der Waals surface area contributed by atoms with Crippen LogP contribution in [0.5, 0.6) is 0 Å². The lowest BCUT2D eigenvalue weighted by atomic mass is 9.95. The molecule has 1 aliphatic rings. The number of hydrogen-bond donors (Lipinski definition) is 1. The second-order valence-electron chi connectivity index (χ2n) is 4.78. The molecule has 0 radical (unpaired) electrons. The zero-order valence-electron chi connectivity index (χ0n) is 10.3. The van der Waals surface area contributed by atoms with E-state index in [4.69, 9.17) is 4.42 Å². The van der Waals surface area contributed by atoms with E-state index in [2.05, 4.69) is 15.4 Å². The van der Waals surface area contributed by atoms with Crippen LogP contribution >= 0.6 is 0 Å². The second-order valence-corrected chi connectivity index (χ2v) is 4.78. The van der Waals surface area contributed by atoms with Crippen molar-refractivity contribution in [3.8, 4) is 0 Å². The number of amides is 1. The first-order chi connectivity index (χ1) is 8.75. The molecule has 1 N–H and O–H groups in total. The van der Waals surface area contributed by atoms with Crippen LogP contribution in [-0.2, 0) is 0 Å². The molecule has 0 spiro atoms.